The highest BCUT2D eigenvalue weighted by Crippen LogP contribution is 2.29. The second-order valence-corrected chi connectivity index (χ2v) is 7.02. The molecule has 0 atom stereocenters. The number of ketones is 1. The van der Waals surface area contributed by atoms with Crippen molar-refractivity contribution in [2.45, 2.75) is 58.4 Å². The van der Waals surface area contributed by atoms with E-state index in [1.807, 2.05) is 38.1 Å². The van der Waals surface area contributed by atoms with Crippen molar-refractivity contribution in [3.8, 4) is 0 Å². The van der Waals surface area contributed by atoms with Crippen molar-refractivity contribution in [1.29, 1.82) is 0 Å². The Bertz CT molecular complexity index is 670. The fourth-order valence-electron chi connectivity index (χ4n) is 3.66. The van der Waals surface area contributed by atoms with E-state index in [9.17, 15) is 9.59 Å². The van der Waals surface area contributed by atoms with Gasteiger partial charge in [0, 0.05) is 35.3 Å². The van der Waals surface area contributed by atoms with E-state index in [2.05, 4.69) is 10.6 Å². The van der Waals surface area contributed by atoms with Crippen LogP contribution < -0.4 is 10.6 Å². The smallest absolute Gasteiger partial charge is 0.227 e. The van der Waals surface area contributed by atoms with Crippen molar-refractivity contribution in [1.82, 2.24) is 5.32 Å². The highest BCUT2D eigenvalue weighted by molar-refractivity contribution is 5.98. The molecule has 3 rings (SSSR count). The SMILES string of the molecule is CC1=C(NC2CCC(C(=O)Nc3ccccc3C)CC2)CCC1=O. The molecule has 0 spiro atoms. The third-order valence-electron chi connectivity index (χ3n) is 5.35. The molecule has 128 valence electrons. The number of hydrogen-bond acceptors (Lipinski definition) is 3. The molecule has 1 aromatic carbocycles. The Morgan fingerprint density at radius 3 is 2.38 bits per heavy atom. The summed E-state index contributed by atoms with van der Waals surface area (Å²) in [6.45, 7) is 3.92. The average Bonchev–Trinajstić information content (AvgIpc) is 2.90. The van der Waals surface area contributed by atoms with E-state index in [0.29, 0.717) is 12.5 Å². The Hall–Kier alpha value is -2.10. The Kier molecular flexibility index (Phi) is 5.03. The van der Waals surface area contributed by atoms with Crippen molar-refractivity contribution in [3.63, 3.8) is 0 Å². The van der Waals surface area contributed by atoms with E-state index < -0.39 is 0 Å². The van der Waals surface area contributed by atoms with Crippen molar-refractivity contribution < 1.29 is 9.59 Å². The first-order valence-corrected chi connectivity index (χ1v) is 8.90. The van der Waals surface area contributed by atoms with Gasteiger partial charge in [0.2, 0.25) is 5.91 Å². The number of para-hydroxylation sites is 1. The topological polar surface area (TPSA) is 58.2 Å². The summed E-state index contributed by atoms with van der Waals surface area (Å²) in [5.74, 6) is 0.487. The molecule has 24 heavy (non-hydrogen) atoms. The van der Waals surface area contributed by atoms with Gasteiger partial charge in [-0.3, -0.25) is 9.59 Å². The molecule has 2 N–H and O–H groups in total. The summed E-state index contributed by atoms with van der Waals surface area (Å²) < 4.78 is 0. The molecule has 1 amide bonds. The first-order chi connectivity index (χ1) is 11.5. The maximum atomic E-state index is 12.5. The number of aryl methyl sites for hydroxylation is 1. The second kappa shape index (κ2) is 7.20. The van der Waals surface area contributed by atoms with Crippen LogP contribution in [0, 0.1) is 12.8 Å². The summed E-state index contributed by atoms with van der Waals surface area (Å²) in [5, 5.41) is 6.61. The number of benzene rings is 1. The molecule has 1 saturated carbocycles. The fraction of sp³-hybridized carbons (Fsp3) is 0.500. The molecule has 0 radical (unpaired) electrons. The van der Waals surface area contributed by atoms with Crippen LogP contribution in [-0.4, -0.2) is 17.7 Å². The second-order valence-electron chi connectivity index (χ2n) is 7.02. The number of hydrogen-bond donors (Lipinski definition) is 2. The number of allylic oxidation sites excluding steroid dienone is 2. The number of rotatable bonds is 4. The zero-order valence-corrected chi connectivity index (χ0v) is 14.5. The molecular formula is C20H26N2O2. The van der Waals surface area contributed by atoms with Gasteiger partial charge in [0.05, 0.1) is 0 Å². The predicted octanol–water partition coefficient (Wildman–Crippen LogP) is 3.72. The minimum absolute atomic E-state index is 0.0861. The van der Waals surface area contributed by atoms with Gasteiger partial charge in [0.15, 0.2) is 5.78 Å². The van der Waals surface area contributed by atoms with Gasteiger partial charge in [-0.2, -0.15) is 0 Å². The zero-order chi connectivity index (χ0) is 17.1. The molecule has 0 heterocycles. The zero-order valence-electron chi connectivity index (χ0n) is 14.5. The van der Waals surface area contributed by atoms with Crippen LogP contribution in [0.3, 0.4) is 0 Å². The Labute approximate surface area is 143 Å². The van der Waals surface area contributed by atoms with Gasteiger partial charge in [-0.25, -0.2) is 0 Å². The molecule has 0 aromatic heterocycles. The summed E-state index contributed by atoms with van der Waals surface area (Å²) in [6, 6.07) is 8.28. The van der Waals surface area contributed by atoms with Crippen LogP contribution in [-0.2, 0) is 9.59 Å². The van der Waals surface area contributed by atoms with Crippen molar-refractivity contribution >= 4 is 17.4 Å². The van der Waals surface area contributed by atoms with Gasteiger partial charge in [0.25, 0.3) is 0 Å². The lowest BCUT2D eigenvalue weighted by atomic mass is 9.85. The summed E-state index contributed by atoms with van der Waals surface area (Å²) in [6.07, 6.45) is 5.25. The molecule has 0 saturated heterocycles. The molecule has 0 bridgehead atoms. The third kappa shape index (κ3) is 3.69. The van der Waals surface area contributed by atoms with Crippen LogP contribution in [0.25, 0.3) is 0 Å². The van der Waals surface area contributed by atoms with Crippen molar-refractivity contribution in [2.75, 3.05) is 5.32 Å². The molecule has 1 fully saturated rings. The fourth-order valence-corrected chi connectivity index (χ4v) is 3.66. The number of amides is 1. The monoisotopic (exact) mass is 326 g/mol. The minimum Gasteiger partial charge on any atom is -0.385 e. The van der Waals surface area contributed by atoms with Gasteiger partial charge in [-0.15, -0.1) is 0 Å². The summed E-state index contributed by atoms with van der Waals surface area (Å²) in [4.78, 5) is 24.1. The molecule has 4 heteroatoms. The summed E-state index contributed by atoms with van der Waals surface area (Å²) in [7, 11) is 0. The van der Waals surface area contributed by atoms with E-state index in [0.717, 1.165) is 54.6 Å². The third-order valence-corrected chi connectivity index (χ3v) is 5.35. The van der Waals surface area contributed by atoms with Crippen LogP contribution in [0.15, 0.2) is 35.5 Å². The quantitative estimate of drug-likeness (QED) is 0.886. The highest BCUT2D eigenvalue weighted by atomic mass is 16.2. The van der Waals surface area contributed by atoms with Gasteiger partial charge >= 0.3 is 0 Å². The Morgan fingerprint density at radius 2 is 1.75 bits per heavy atom. The summed E-state index contributed by atoms with van der Waals surface area (Å²) in [5.41, 5.74) is 4.02. The van der Waals surface area contributed by atoms with E-state index in [1.54, 1.807) is 0 Å². The van der Waals surface area contributed by atoms with Crippen LogP contribution >= 0.6 is 0 Å². The average molecular weight is 326 g/mol. The molecular weight excluding hydrogens is 300 g/mol. The maximum Gasteiger partial charge on any atom is 0.227 e. The highest BCUT2D eigenvalue weighted by Gasteiger charge is 2.28. The van der Waals surface area contributed by atoms with Crippen molar-refractivity contribution in [3.05, 3.63) is 41.1 Å². The van der Waals surface area contributed by atoms with Crippen LogP contribution in [0.1, 0.15) is 51.0 Å². The standard InChI is InChI=1S/C20H26N2O2/c1-13-5-3-4-6-17(13)22-20(24)15-7-9-16(10-8-15)21-18-11-12-19(23)14(18)2/h3-6,15-16,21H,7-12H2,1-2H3,(H,22,24). The van der Waals surface area contributed by atoms with Gasteiger partial charge in [0.1, 0.15) is 0 Å². The van der Waals surface area contributed by atoms with E-state index in [-0.39, 0.29) is 17.6 Å². The lowest BCUT2D eigenvalue weighted by Gasteiger charge is -2.29. The molecule has 2 aliphatic carbocycles. The Morgan fingerprint density at radius 1 is 1.04 bits per heavy atom. The minimum atomic E-state index is 0.0861. The Balaban J connectivity index is 1.51. The number of carbonyl (C=O) groups excluding carboxylic acids is 2. The molecule has 0 aliphatic heterocycles. The van der Waals surface area contributed by atoms with E-state index >= 15 is 0 Å². The van der Waals surface area contributed by atoms with Gasteiger partial charge < -0.3 is 10.6 Å². The predicted molar refractivity (Wildman–Crippen MR) is 95.6 cm³/mol. The van der Waals surface area contributed by atoms with Crippen LogP contribution in [0.2, 0.25) is 0 Å². The lowest BCUT2D eigenvalue weighted by molar-refractivity contribution is -0.120. The largest absolute Gasteiger partial charge is 0.385 e. The molecule has 0 unspecified atom stereocenters. The van der Waals surface area contributed by atoms with Crippen molar-refractivity contribution in [2.24, 2.45) is 5.92 Å². The first kappa shape index (κ1) is 16.7. The summed E-state index contributed by atoms with van der Waals surface area (Å²) >= 11 is 0. The normalized spacial score (nSPS) is 24.2. The lowest BCUT2D eigenvalue weighted by Crippen LogP contribution is -2.36. The molecule has 2 aliphatic rings. The van der Waals surface area contributed by atoms with E-state index in [4.69, 9.17) is 0 Å². The maximum absolute atomic E-state index is 12.5. The number of anilines is 1. The van der Waals surface area contributed by atoms with E-state index in [1.165, 1.54) is 0 Å². The van der Waals surface area contributed by atoms with Gasteiger partial charge in [-0.1, -0.05) is 18.2 Å². The van der Waals surface area contributed by atoms with Crippen LogP contribution in [0.5, 0.6) is 0 Å². The number of carbonyl (C=O) groups is 2. The molecule has 4 nitrogen and oxygen atoms in total. The number of Topliss-reactive ketones (excluding diaryl/α,β-unsaturated/α-hetero) is 1. The number of nitrogens with one attached hydrogen (secondary N) is 2. The molecule has 1 aromatic rings. The van der Waals surface area contributed by atoms with Crippen LogP contribution in [0.4, 0.5) is 5.69 Å². The van der Waals surface area contributed by atoms with Gasteiger partial charge in [-0.05, 0) is 57.6 Å². The first-order valence-electron chi connectivity index (χ1n) is 8.90.